The van der Waals surface area contributed by atoms with Gasteiger partial charge in [-0.15, -0.1) is 0 Å². The number of aliphatic hydroxyl groups is 3. The van der Waals surface area contributed by atoms with Crippen LogP contribution in [0.5, 0.6) is 0 Å². The zero-order chi connectivity index (χ0) is 9.35. The third-order valence-electron chi connectivity index (χ3n) is 2.10. The molecule has 1 rings (SSSR count). The number of ether oxygens (including phenoxy) is 2. The van der Waals surface area contributed by atoms with Crippen LogP contribution in [0.3, 0.4) is 0 Å². The van der Waals surface area contributed by atoms with Crippen molar-refractivity contribution in [2.75, 3.05) is 7.11 Å². The molecule has 0 unspecified atom stereocenters. The molecule has 0 amide bonds. The van der Waals surface area contributed by atoms with E-state index in [2.05, 4.69) is 0 Å². The number of hydrogen-bond donors (Lipinski definition) is 3. The first-order chi connectivity index (χ1) is 5.49. The van der Waals surface area contributed by atoms with Crippen LogP contribution in [0.15, 0.2) is 0 Å². The smallest absolute Gasteiger partial charge is 0.199 e. The lowest BCUT2D eigenvalue weighted by atomic mass is 9.98. The van der Waals surface area contributed by atoms with Gasteiger partial charge in [0, 0.05) is 7.11 Å². The molecule has 0 spiro atoms. The highest BCUT2D eigenvalue weighted by molar-refractivity contribution is 4.86. The average Bonchev–Trinajstić information content (AvgIpc) is 2.00. The van der Waals surface area contributed by atoms with E-state index in [1.807, 2.05) is 0 Å². The van der Waals surface area contributed by atoms with Crippen molar-refractivity contribution in [1.82, 2.24) is 0 Å². The van der Waals surface area contributed by atoms with Crippen LogP contribution in [-0.2, 0) is 9.47 Å². The fraction of sp³-hybridized carbons (Fsp3) is 1.00. The van der Waals surface area contributed by atoms with E-state index in [0.717, 1.165) is 0 Å². The maximum atomic E-state index is 9.58. The molecule has 1 aliphatic rings. The molecule has 72 valence electrons. The van der Waals surface area contributed by atoms with Crippen molar-refractivity contribution in [3.05, 3.63) is 0 Å². The molecule has 0 saturated carbocycles. The van der Waals surface area contributed by atoms with Gasteiger partial charge in [-0.05, 0) is 6.92 Å². The van der Waals surface area contributed by atoms with Crippen molar-refractivity contribution < 1.29 is 24.8 Å². The van der Waals surface area contributed by atoms with Gasteiger partial charge in [-0.1, -0.05) is 0 Å². The van der Waals surface area contributed by atoms with E-state index in [1.54, 1.807) is 6.92 Å². The topological polar surface area (TPSA) is 79.2 Å². The minimum atomic E-state index is -1.70. The van der Waals surface area contributed by atoms with Crippen LogP contribution in [0.2, 0.25) is 0 Å². The van der Waals surface area contributed by atoms with E-state index in [1.165, 1.54) is 7.11 Å². The second-order valence-electron chi connectivity index (χ2n) is 2.99. The molecule has 5 nitrogen and oxygen atoms in total. The van der Waals surface area contributed by atoms with Gasteiger partial charge in [-0.3, -0.25) is 0 Å². The normalized spacial score (nSPS) is 49.2. The Morgan fingerprint density at radius 3 is 2.58 bits per heavy atom. The lowest BCUT2D eigenvalue weighted by Gasteiger charge is -2.41. The number of aliphatic hydroxyl groups excluding tert-OH is 2. The number of rotatable bonds is 1. The minimum Gasteiger partial charge on any atom is -0.385 e. The molecule has 0 radical (unpaired) electrons. The van der Waals surface area contributed by atoms with Crippen LogP contribution in [-0.4, -0.2) is 46.7 Å². The zero-order valence-corrected chi connectivity index (χ0v) is 7.10. The summed E-state index contributed by atoms with van der Waals surface area (Å²) in [6.45, 7) is 1.55. The van der Waals surface area contributed by atoms with Crippen molar-refractivity contribution in [3.63, 3.8) is 0 Å². The maximum Gasteiger partial charge on any atom is 0.199 e. The lowest BCUT2D eigenvalue weighted by Crippen LogP contribution is -2.57. The minimum absolute atomic E-state index is 0.144. The molecule has 0 aliphatic carbocycles. The predicted octanol–water partition coefficient (Wildman–Crippen LogP) is -1.19. The largest absolute Gasteiger partial charge is 0.385 e. The molecule has 0 bridgehead atoms. The van der Waals surface area contributed by atoms with E-state index < -0.39 is 24.3 Å². The van der Waals surface area contributed by atoms with Gasteiger partial charge >= 0.3 is 0 Å². The SMILES string of the molecule is CO[C@]1(O)C[C@H](O)O[C@@H](C)[C@H]1O. The zero-order valence-electron chi connectivity index (χ0n) is 7.10. The van der Waals surface area contributed by atoms with Gasteiger partial charge in [0.2, 0.25) is 0 Å². The standard InChI is InChI=1S/C7H14O5/c1-4-6(9)7(10,11-2)3-5(8)12-4/h4-6,8-10H,3H2,1-2H3/t4-,5+,6+,7+/m0/s1. The van der Waals surface area contributed by atoms with Crippen molar-refractivity contribution in [2.45, 2.75) is 37.6 Å². The molecule has 1 fully saturated rings. The van der Waals surface area contributed by atoms with Gasteiger partial charge in [-0.2, -0.15) is 0 Å². The molecular weight excluding hydrogens is 164 g/mol. The van der Waals surface area contributed by atoms with Gasteiger partial charge in [0.15, 0.2) is 12.1 Å². The molecule has 0 aromatic heterocycles. The number of methoxy groups -OCH3 is 1. The monoisotopic (exact) mass is 178 g/mol. The highest BCUT2D eigenvalue weighted by atomic mass is 16.7. The first-order valence-electron chi connectivity index (χ1n) is 3.78. The molecule has 1 aliphatic heterocycles. The molecule has 0 aromatic carbocycles. The third kappa shape index (κ3) is 1.60. The highest BCUT2D eigenvalue weighted by Gasteiger charge is 2.46. The van der Waals surface area contributed by atoms with Crippen LogP contribution in [0, 0.1) is 0 Å². The average molecular weight is 178 g/mol. The Hall–Kier alpha value is -0.200. The Morgan fingerprint density at radius 1 is 1.50 bits per heavy atom. The van der Waals surface area contributed by atoms with E-state index in [4.69, 9.17) is 14.6 Å². The summed E-state index contributed by atoms with van der Waals surface area (Å²) < 4.78 is 9.56. The third-order valence-corrected chi connectivity index (χ3v) is 2.10. The van der Waals surface area contributed by atoms with E-state index in [0.29, 0.717) is 0 Å². The molecule has 5 heteroatoms. The second kappa shape index (κ2) is 3.27. The maximum absolute atomic E-state index is 9.58. The Kier molecular flexibility index (Phi) is 2.70. The van der Waals surface area contributed by atoms with Crippen molar-refractivity contribution in [3.8, 4) is 0 Å². The van der Waals surface area contributed by atoms with Crippen LogP contribution < -0.4 is 0 Å². The Bertz CT molecular complexity index is 162. The first kappa shape index (κ1) is 9.88. The van der Waals surface area contributed by atoms with Gasteiger partial charge < -0.3 is 24.8 Å². The van der Waals surface area contributed by atoms with Crippen molar-refractivity contribution in [1.29, 1.82) is 0 Å². The fourth-order valence-electron chi connectivity index (χ4n) is 1.31. The summed E-state index contributed by atoms with van der Waals surface area (Å²) in [6, 6.07) is 0. The molecule has 1 heterocycles. The summed E-state index contributed by atoms with van der Waals surface area (Å²) in [4.78, 5) is 0. The lowest BCUT2D eigenvalue weighted by molar-refractivity contribution is -0.338. The van der Waals surface area contributed by atoms with Crippen molar-refractivity contribution in [2.24, 2.45) is 0 Å². The first-order valence-corrected chi connectivity index (χ1v) is 3.78. The highest BCUT2D eigenvalue weighted by Crippen LogP contribution is 2.28. The van der Waals surface area contributed by atoms with Gasteiger partial charge in [0.1, 0.15) is 6.10 Å². The van der Waals surface area contributed by atoms with Crippen LogP contribution in [0.1, 0.15) is 13.3 Å². The Morgan fingerprint density at radius 2 is 2.08 bits per heavy atom. The molecule has 0 aromatic rings. The summed E-state index contributed by atoms with van der Waals surface area (Å²) in [6.07, 6.45) is -3.01. The summed E-state index contributed by atoms with van der Waals surface area (Å²) in [5, 5.41) is 28.1. The van der Waals surface area contributed by atoms with Crippen molar-refractivity contribution >= 4 is 0 Å². The summed E-state index contributed by atoms with van der Waals surface area (Å²) in [7, 11) is 1.27. The molecule has 4 atom stereocenters. The molecular formula is C7H14O5. The Labute approximate surface area is 70.5 Å². The van der Waals surface area contributed by atoms with Crippen LogP contribution in [0.4, 0.5) is 0 Å². The van der Waals surface area contributed by atoms with Gasteiger partial charge in [0.05, 0.1) is 12.5 Å². The molecule has 1 saturated heterocycles. The quantitative estimate of drug-likeness (QED) is 0.440. The molecule has 3 N–H and O–H groups in total. The number of hydrogen-bond acceptors (Lipinski definition) is 5. The summed E-state index contributed by atoms with van der Waals surface area (Å²) >= 11 is 0. The fourth-order valence-corrected chi connectivity index (χ4v) is 1.31. The van der Waals surface area contributed by atoms with Crippen LogP contribution in [0.25, 0.3) is 0 Å². The molecule has 12 heavy (non-hydrogen) atoms. The predicted molar refractivity (Wildman–Crippen MR) is 39.1 cm³/mol. The van der Waals surface area contributed by atoms with E-state index in [-0.39, 0.29) is 6.42 Å². The van der Waals surface area contributed by atoms with E-state index >= 15 is 0 Å². The van der Waals surface area contributed by atoms with Crippen LogP contribution >= 0.6 is 0 Å². The van der Waals surface area contributed by atoms with Gasteiger partial charge in [-0.25, -0.2) is 0 Å². The Balaban J connectivity index is 2.72. The summed E-state index contributed by atoms with van der Waals surface area (Å²) in [5.41, 5.74) is 0. The van der Waals surface area contributed by atoms with Gasteiger partial charge in [0.25, 0.3) is 0 Å². The van der Waals surface area contributed by atoms with E-state index in [9.17, 15) is 10.2 Å². The summed E-state index contributed by atoms with van der Waals surface area (Å²) in [5.74, 6) is -1.70. The second-order valence-corrected chi connectivity index (χ2v) is 2.99.